The predicted octanol–water partition coefficient (Wildman–Crippen LogP) is 2.28. The number of amidine groups is 1. The summed E-state index contributed by atoms with van der Waals surface area (Å²) in [4.78, 5) is 20.4. The molecule has 9 heteroatoms. The minimum Gasteiger partial charge on any atom is -0.325 e. The summed E-state index contributed by atoms with van der Waals surface area (Å²) in [7, 11) is -3.70. The topological polar surface area (TPSA) is 101 Å². The van der Waals surface area contributed by atoms with Crippen molar-refractivity contribution in [3.05, 3.63) is 48.7 Å². The van der Waals surface area contributed by atoms with E-state index in [1.54, 1.807) is 24.4 Å². The average molecular weight is 390 g/mol. The molecule has 0 fully saturated rings. The zero-order valence-corrected chi connectivity index (χ0v) is 15.5. The zero-order chi connectivity index (χ0) is 18.4. The van der Waals surface area contributed by atoms with E-state index in [-0.39, 0.29) is 16.6 Å². The van der Waals surface area contributed by atoms with Crippen molar-refractivity contribution < 1.29 is 13.2 Å². The summed E-state index contributed by atoms with van der Waals surface area (Å²) in [5.74, 6) is 0.429. The number of anilines is 1. The Balaban J connectivity index is 1.62. The second kappa shape index (κ2) is 8.33. The third kappa shape index (κ3) is 5.06. The van der Waals surface area contributed by atoms with Crippen LogP contribution in [0.15, 0.2) is 63.6 Å². The number of aliphatic imine (C=N–C) groups is 1. The van der Waals surface area contributed by atoms with E-state index in [1.807, 2.05) is 12.1 Å². The minimum atomic E-state index is -3.70. The Morgan fingerprint density at radius 3 is 2.81 bits per heavy atom. The first-order valence-corrected chi connectivity index (χ1v) is 10.5. The zero-order valence-electron chi connectivity index (χ0n) is 13.9. The summed E-state index contributed by atoms with van der Waals surface area (Å²) in [6.07, 6.45) is 3.14. The van der Waals surface area contributed by atoms with E-state index >= 15 is 0 Å². The molecule has 0 spiro atoms. The Hall–Kier alpha value is -2.39. The molecule has 2 N–H and O–H groups in total. The highest BCUT2D eigenvalue weighted by molar-refractivity contribution is 7.99. The van der Waals surface area contributed by atoms with Gasteiger partial charge in [-0.1, -0.05) is 23.9 Å². The number of amides is 1. The van der Waals surface area contributed by atoms with Gasteiger partial charge in [-0.2, -0.15) is 0 Å². The molecule has 0 bridgehead atoms. The number of thioether (sulfide) groups is 1. The van der Waals surface area contributed by atoms with Gasteiger partial charge in [0.2, 0.25) is 5.91 Å². The molecular formula is C17H18N4O3S2. The molecule has 0 radical (unpaired) electrons. The maximum Gasteiger partial charge on any atom is 0.262 e. The first-order chi connectivity index (χ1) is 12.5. The maximum atomic E-state index is 12.4. The van der Waals surface area contributed by atoms with E-state index in [2.05, 4.69) is 20.0 Å². The molecule has 0 saturated carbocycles. The first kappa shape index (κ1) is 18.4. The molecule has 136 valence electrons. The Morgan fingerprint density at radius 1 is 1.19 bits per heavy atom. The van der Waals surface area contributed by atoms with Gasteiger partial charge in [0, 0.05) is 24.8 Å². The number of sulfonamides is 1. The number of aromatic nitrogens is 1. The van der Waals surface area contributed by atoms with Crippen molar-refractivity contribution in [3.8, 4) is 0 Å². The lowest BCUT2D eigenvalue weighted by Crippen LogP contribution is -2.29. The van der Waals surface area contributed by atoms with Gasteiger partial charge in [-0.15, -0.1) is 0 Å². The normalized spacial score (nSPS) is 13.9. The Bertz CT molecular complexity index is 915. The lowest BCUT2D eigenvalue weighted by atomic mass is 10.3. The highest BCUT2D eigenvalue weighted by Crippen LogP contribution is 2.18. The average Bonchev–Trinajstić information content (AvgIpc) is 3.13. The van der Waals surface area contributed by atoms with E-state index in [1.165, 1.54) is 23.9 Å². The van der Waals surface area contributed by atoms with Crippen LogP contribution in [-0.4, -0.2) is 37.4 Å². The molecule has 1 amide bonds. The van der Waals surface area contributed by atoms with Crippen LogP contribution < -0.4 is 10.0 Å². The van der Waals surface area contributed by atoms with Crippen LogP contribution in [0.25, 0.3) is 0 Å². The van der Waals surface area contributed by atoms with E-state index in [4.69, 9.17) is 0 Å². The molecule has 0 aliphatic carbocycles. The molecule has 1 aromatic heterocycles. The lowest BCUT2D eigenvalue weighted by molar-refractivity contribution is -0.113. The number of nitrogens with one attached hydrogen (secondary N) is 2. The summed E-state index contributed by atoms with van der Waals surface area (Å²) in [6, 6.07) is 11.6. The van der Waals surface area contributed by atoms with Gasteiger partial charge in [0.05, 0.1) is 15.7 Å². The fourth-order valence-corrected chi connectivity index (χ4v) is 4.14. The van der Waals surface area contributed by atoms with Gasteiger partial charge in [-0.05, 0) is 36.8 Å². The number of benzene rings is 1. The van der Waals surface area contributed by atoms with Crippen LogP contribution in [0.3, 0.4) is 0 Å². The fourth-order valence-electron chi connectivity index (χ4n) is 2.35. The summed E-state index contributed by atoms with van der Waals surface area (Å²) in [5, 5.41) is 3.46. The van der Waals surface area contributed by atoms with Crippen molar-refractivity contribution in [1.82, 2.24) is 9.71 Å². The summed E-state index contributed by atoms with van der Waals surface area (Å²) in [5.41, 5.74) is 0.424. The van der Waals surface area contributed by atoms with Crippen molar-refractivity contribution in [3.63, 3.8) is 0 Å². The fraction of sp³-hybridized carbons (Fsp3) is 0.235. The largest absolute Gasteiger partial charge is 0.325 e. The highest BCUT2D eigenvalue weighted by atomic mass is 32.2. The molecule has 3 rings (SSSR count). The third-order valence-corrected chi connectivity index (χ3v) is 5.87. The van der Waals surface area contributed by atoms with Crippen LogP contribution in [0, 0.1) is 0 Å². The van der Waals surface area contributed by atoms with Gasteiger partial charge in [-0.3, -0.25) is 14.5 Å². The quantitative estimate of drug-likeness (QED) is 0.737. The van der Waals surface area contributed by atoms with E-state index in [0.29, 0.717) is 24.5 Å². The van der Waals surface area contributed by atoms with Crippen molar-refractivity contribution in [2.24, 2.45) is 4.99 Å². The predicted molar refractivity (Wildman–Crippen MR) is 102 cm³/mol. The monoisotopic (exact) mass is 390 g/mol. The molecule has 2 heterocycles. The van der Waals surface area contributed by atoms with Gasteiger partial charge in [0.1, 0.15) is 5.84 Å². The van der Waals surface area contributed by atoms with Gasteiger partial charge < -0.3 is 5.32 Å². The highest BCUT2D eigenvalue weighted by Gasteiger charge is 2.18. The smallest absolute Gasteiger partial charge is 0.262 e. The Morgan fingerprint density at radius 2 is 2.08 bits per heavy atom. The van der Waals surface area contributed by atoms with Gasteiger partial charge in [0.15, 0.2) is 0 Å². The van der Waals surface area contributed by atoms with Crippen molar-refractivity contribution in [2.45, 2.75) is 22.8 Å². The molecule has 0 unspecified atom stereocenters. The minimum absolute atomic E-state index is 0.0854. The van der Waals surface area contributed by atoms with Crippen LogP contribution in [0.1, 0.15) is 12.8 Å². The second-order valence-electron chi connectivity index (χ2n) is 5.57. The van der Waals surface area contributed by atoms with Crippen molar-refractivity contribution >= 4 is 39.2 Å². The Kier molecular flexibility index (Phi) is 5.89. The maximum absolute atomic E-state index is 12.4. The Labute approximate surface area is 156 Å². The van der Waals surface area contributed by atoms with E-state index < -0.39 is 10.0 Å². The van der Waals surface area contributed by atoms with Gasteiger partial charge in [-0.25, -0.2) is 13.4 Å². The van der Waals surface area contributed by atoms with Crippen LogP contribution >= 0.6 is 11.8 Å². The first-order valence-electron chi connectivity index (χ1n) is 8.03. The van der Waals surface area contributed by atoms with E-state index in [9.17, 15) is 13.2 Å². The molecule has 0 atom stereocenters. The number of hydrogen-bond donors (Lipinski definition) is 2. The number of nitrogens with zero attached hydrogens (tertiary/aromatic N) is 2. The number of carbonyl (C=O) groups is 1. The van der Waals surface area contributed by atoms with Crippen molar-refractivity contribution in [2.75, 3.05) is 17.6 Å². The number of rotatable bonds is 6. The lowest BCUT2D eigenvalue weighted by Gasteiger charge is -2.10. The molecule has 0 saturated heterocycles. The van der Waals surface area contributed by atoms with Gasteiger partial charge in [0.25, 0.3) is 10.0 Å². The summed E-state index contributed by atoms with van der Waals surface area (Å²) < 4.78 is 27.3. The van der Waals surface area contributed by atoms with Crippen molar-refractivity contribution in [1.29, 1.82) is 0 Å². The number of hydrogen-bond acceptors (Lipinski definition) is 6. The number of carbonyl (C=O) groups excluding carboxylic acids is 1. The summed E-state index contributed by atoms with van der Waals surface area (Å²) in [6.45, 7) is 0.641. The molecule has 26 heavy (non-hydrogen) atoms. The van der Waals surface area contributed by atoms with E-state index in [0.717, 1.165) is 11.4 Å². The SMILES string of the molecule is O=C(CSc1ccccn1)Nc1cccc(S(=O)(=O)NC2=NCCC2)c1. The third-order valence-electron chi connectivity index (χ3n) is 3.54. The molecular weight excluding hydrogens is 372 g/mol. The molecule has 1 aliphatic heterocycles. The van der Waals surface area contributed by atoms with Gasteiger partial charge >= 0.3 is 0 Å². The van der Waals surface area contributed by atoms with Crippen LogP contribution in [-0.2, 0) is 14.8 Å². The molecule has 7 nitrogen and oxygen atoms in total. The van der Waals surface area contributed by atoms with Crippen LogP contribution in [0.5, 0.6) is 0 Å². The second-order valence-corrected chi connectivity index (χ2v) is 8.25. The molecule has 2 aromatic rings. The summed E-state index contributed by atoms with van der Waals surface area (Å²) >= 11 is 1.31. The number of pyridine rings is 1. The molecule has 1 aliphatic rings. The molecule has 1 aromatic carbocycles. The van der Waals surface area contributed by atoms with Crippen LogP contribution in [0.2, 0.25) is 0 Å². The standard InChI is InChI=1S/C17H18N4O3S2/c22-16(12-25-17-8-1-2-9-19-17)20-13-5-3-6-14(11-13)26(23,24)21-15-7-4-10-18-15/h1-3,5-6,8-9,11H,4,7,10,12H2,(H,18,21)(H,20,22). The van der Waals surface area contributed by atoms with Crippen LogP contribution in [0.4, 0.5) is 5.69 Å².